The number of hydrogen-bond donors (Lipinski definition) is 2. The van der Waals surface area contributed by atoms with E-state index in [9.17, 15) is 4.21 Å². The van der Waals surface area contributed by atoms with Crippen molar-refractivity contribution in [3.8, 4) is 0 Å². The summed E-state index contributed by atoms with van der Waals surface area (Å²) in [5, 5.41) is 3.20. The van der Waals surface area contributed by atoms with E-state index in [0.717, 1.165) is 32.4 Å². The molecule has 2 atom stereocenters. The molecule has 0 aliphatic carbocycles. The third-order valence-electron chi connectivity index (χ3n) is 3.24. The molecular formula is C12H22N6OS. The zero-order chi connectivity index (χ0) is 14.5. The number of anilines is 3. The molecule has 1 aromatic heterocycles. The highest BCUT2D eigenvalue weighted by Crippen LogP contribution is 2.18. The van der Waals surface area contributed by atoms with E-state index in [1.807, 2.05) is 6.92 Å². The van der Waals surface area contributed by atoms with E-state index in [-0.39, 0.29) is 12.0 Å². The van der Waals surface area contributed by atoms with Crippen molar-refractivity contribution in [3.63, 3.8) is 0 Å². The maximum absolute atomic E-state index is 11.1. The number of nitrogens with zero attached hydrogens (tertiary/aromatic N) is 4. The average molecular weight is 298 g/mol. The Bertz CT molecular complexity index is 477. The summed E-state index contributed by atoms with van der Waals surface area (Å²) >= 11 is 0. The lowest BCUT2D eigenvalue weighted by atomic mass is 10.3. The second-order valence-electron chi connectivity index (χ2n) is 5.12. The molecule has 1 fully saturated rings. The minimum atomic E-state index is -0.781. The lowest BCUT2D eigenvalue weighted by Gasteiger charge is -2.18. The first-order valence-corrected chi connectivity index (χ1v) is 8.60. The van der Waals surface area contributed by atoms with E-state index >= 15 is 0 Å². The third-order valence-corrected chi connectivity index (χ3v) is 4.05. The van der Waals surface area contributed by atoms with Crippen LogP contribution in [0.1, 0.15) is 26.2 Å². The normalized spacial score (nSPS) is 18.0. The molecule has 0 spiro atoms. The van der Waals surface area contributed by atoms with Gasteiger partial charge in [0, 0.05) is 41.9 Å². The van der Waals surface area contributed by atoms with Crippen LogP contribution in [0.5, 0.6) is 0 Å². The summed E-state index contributed by atoms with van der Waals surface area (Å²) in [6, 6.07) is 0.145. The fourth-order valence-electron chi connectivity index (χ4n) is 2.14. The fourth-order valence-corrected chi connectivity index (χ4v) is 2.82. The van der Waals surface area contributed by atoms with E-state index in [0.29, 0.717) is 17.6 Å². The Kier molecular flexibility index (Phi) is 5.11. The maximum atomic E-state index is 11.1. The number of nitrogen functional groups attached to an aromatic ring is 1. The summed E-state index contributed by atoms with van der Waals surface area (Å²) in [5.74, 6) is 2.03. The van der Waals surface area contributed by atoms with E-state index in [1.165, 1.54) is 0 Å². The van der Waals surface area contributed by atoms with Crippen LogP contribution in [0.2, 0.25) is 0 Å². The molecule has 0 aromatic carbocycles. The molecule has 1 aliphatic heterocycles. The lowest BCUT2D eigenvalue weighted by molar-refractivity contribution is 0.677. The van der Waals surface area contributed by atoms with Crippen LogP contribution in [-0.2, 0) is 10.8 Å². The molecule has 2 heterocycles. The van der Waals surface area contributed by atoms with Gasteiger partial charge in [0.1, 0.15) is 0 Å². The van der Waals surface area contributed by atoms with Gasteiger partial charge >= 0.3 is 0 Å². The molecule has 3 N–H and O–H groups in total. The van der Waals surface area contributed by atoms with Gasteiger partial charge in [0.2, 0.25) is 17.8 Å². The molecule has 0 radical (unpaired) electrons. The molecule has 8 heteroatoms. The van der Waals surface area contributed by atoms with Gasteiger partial charge in [-0.1, -0.05) is 0 Å². The highest BCUT2D eigenvalue weighted by molar-refractivity contribution is 7.84. The van der Waals surface area contributed by atoms with Gasteiger partial charge in [-0.3, -0.25) is 4.21 Å². The van der Waals surface area contributed by atoms with Gasteiger partial charge < -0.3 is 16.0 Å². The first-order chi connectivity index (χ1) is 9.54. The van der Waals surface area contributed by atoms with Crippen molar-refractivity contribution in [2.45, 2.75) is 32.2 Å². The van der Waals surface area contributed by atoms with Crippen molar-refractivity contribution < 1.29 is 4.21 Å². The Labute approximate surface area is 121 Å². The highest BCUT2D eigenvalue weighted by atomic mass is 32.2. The van der Waals surface area contributed by atoms with Gasteiger partial charge in [0.15, 0.2) is 0 Å². The quantitative estimate of drug-likeness (QED) is 0.794. The molecule has 0 bridgehead atoms. The minimum absolute atomic E-state index is 0.145. The van der Waals surface area contributed by atoms with Crippen LogP contribution < -0.4 is 16.0 Å². The Balaban J connectivity index is 2.01. The summed E-state index contributed by atoms with van der Waals surface area (Å²) < 4.78 is 11.1. The van der Waals surface area contributed by atoms with Crippen molar-refractivity contribution in [1.29, 1.82) is 0 Å². The van der Waals surface area contributed by atoms with Gasteiger partial charge in [-0.2, -0.15) is 15.0 Å². The average Bonchev–Trinajstić information content (AvgIpc) is 2.89. The van der Waals surface area contributed by atoms with Crippen LogP contribution >= 0.6 is 0 Å². The lowest BCUT2D eigenvalue weighted by Crippen LogP contribution is -2.24. The summed E-state index contributed by atoms with van der Waals surface area (Å²) in [6.45, 7) is 3.95. The van der Waals surface area contributed by atoms with Crippen molar-refractivity contribution in [1.82, 2.24) is 15.0 Å². The summed E-state index contributed by atoms with van der Waals surface area (Å²) in [5.41, 5.74) is 5.75. The minimum Gasteiger partial charge on any atom is -0.368 e. The monoisotopic (exact) mass is 298 g/mol. The maximum Gasteiger partial charge on any atom is 0.231 e. The summed E-state index contributed by atoms with van der Waals surface area (Å²) in [7, 11) is -0.781. The van der Waals surface area contributed by atoms with E-state index < -0.39 is 10.8 Å². The van der Waals surface area contributed by atoms with Gasteiger partial charge in [0.05, 0.1) is 0 Å². The van der Waals surface area contributed by atoms with Crippen LogP contribution in [0.3, 0.4) is 0 Å². The van der Waals surface area contributed by atoms with E-state index in [2.05, 4.69) is 25.2 Å². The molecule has 2 rings (SSSR count). The number of aromatic nitrogens is 3. The first-order valence-electron chi connectivity index (χ1n) is 6.87. The van der Waals surface area contributed by atoms with Crippen LogP contribution in [-0.4, -0.2) is 50.3 Å². The second kappa shape index (κ2) is 6.83. The Morgan fingerprint density at radius 2 is 2.05 bits per heavy atom. The van der Waals surface area contributed by atoms with Crippen molar-refractivity contribution in [3.05, 3.63) is 0 Å². The van der Waals surface area contributed by atoms with Gasteiger partial charge in [-0.05, 0) is 26.2 Å². The summed E-state index contributed by atoms with van der Waals surface area (Å²) in [4.78, 5) is 14.8. The standard InChI is InChI=1S/C12H22N6OS/c1-9(5-8-20(2)19)14-11-15-10(13)16-12(17-11)18-6-3-4-7-18/h9H,3-8H2,1-2H3,(H3,13,14,15,16,17). The van der Waals surface area contributed by atoms with Crippen molar-refractivity contribution >= 4 is 28.6 Å². The molecule has 7 nitrogen and oxygen atoms in total. The Hall–Kier alpha value is -1.44. The molecule has 0 saturated carbocycles. The molecule has 1 saturated heterocycles. The number of rotatable bonds is 6. The molecule has 0 amide bonds. The van der Waals surface area contributed by atoms with Crippen molar-refractivity contribution in [2.75, 3.05) is 41.0 Å². The number of nitrogens with one attached hydrogen (secondary N) is 1. The molecule has 2 unspecified atom stereocenters. The predicted molar refractivity (Wildman–Crippen MR) is 82.3 cm³/mol. The smallest absolute Gasteiger partial charge is 0.231 e. The molecule has 1 aromatic rings. The van der Waals surface area contributed by atoms with Gasteiger partial charge in [-0.15, -0.1) is 0 Å². The Morgan fingerprint density at radius 1 is 1.35 bits per heavy atom. The van der Waals surface area contributed by atoms with Gasteiger partial charge in [-0.25, -0.2) is 0 Å². The van der Waals surface area contributed by atoms with E-state index in [1.54, 1.807) is 6.26 Å². The SMILES string of the molecule is CC(CCS(C)=O)Nc1nc(N)nc(N2CCCC2)n1. The van der Waals surface area contributed by atoms with Crippen LogP contribution in [0.15, 0.2) is 0 Å². The summed E-state index contributed by atoms with van der Waals surface area (Å²) in [6.07, 6.45) is 4.83. The van der Waals surface area contributed by atoms with Crippen LogP contribution in [0, 0.1) is 0 Å². The third kappa shape index (κ3) is 4.29. The molecule has 112 valence electrons. The van der Waals surface area contributed by atoms with Crippen LogP contribution in [0.4, 0.5) is 17.8 Å². The zero-order valence-electron chi connectivity index (χ0n) is 12.0. The largest absolute Gasteiger partial charge is 0.368 e. The topological polar surface area (TPSA) is 97.0 Å². The van der Waals surface area contributed by atoms with Crippen LogP contribution in [0.25, 0.3) is 0 Å². The van der Waals surface area contributed by atoms with Gasteiger partial charge in [0.25, 0.3) is 0 Å². The molecule has 1 aliphatic rings. The molecular weight excluding hydrogens is 276 g/mol. The Morgan fingerprint density at radius 3 is 2.70 bits per heavy atom. The zero-order valence-corrected chi connectivity index (χ0v) is 12.8. The predicted octanol–water partition coefficient (Wildman–Crippen LogP) is 0.623. The fraction of sp³-hybridized carbons (Fsp3) is 0.750. The van der Waals surface area contributed by atoms with E-state index in [4.69, 9.17) is 5.73 Å². The molecule has 20 heavy (non-hydrogen) atoms. The van der Waals surface area contributed by atoms with Crippen molar-refractivity contribution in [2.24, 2.45) is 0 Å². The second-order valence-corrected chi connectivity index (χ2v) is 6.68. The number of nitrogens with two attached hydrogens (primary N) is 1. The highest BCUT2D eigenvalue weighted by Gasteiger charge is 2.17. The number of hydrogen-bond acceptors (Lipinski definition) is 7. The first kappa shape index (κ1) is 15.0.